The predicted molar refractivity (Wildman–Crippen MR) is 68.4 cm³/mol. The molecule has 0 unspecified atom stereocenters. The highest BCUT2D eigenvalue weighted by molar-refractivity contribution is 6.03. The first-order valence-electron chi connectivity index (χ1n) is 5.89. The average Bonchev–Trinajstić information content (AvgIpc) is 2.88. The molecule has 20 heavy (non-hydrogen) atoms. The Morgan fingerprint density at radius 3 is 2.90 bits per heavy atom. The van der Waals surface area contributed by atoms with Crippen LogP contribution in [-0.4, -0.2) is 29.2 Å². The summed E-state index contributed by atoms with van der Waals surface area (Å²) in [5, 5.41) is 2.35. The van der Waals surface area contributed by atoms with Gasteiger partial charge in [0.05, 0.1) is 12.3 Å². The van der Waals surface area contributed by atoms with E-state index in [0.717, 1.165) is 12.1 Å². The van der Waals surface area contributed by atoms with Gasteiger partial charge >= 0.3 is 0 Å². The molecule has 0 radical (unpaired) electrons. The minimum Gasteiger partial charge on any atom is -0.383 e. The number of hydrogen-bond acceptors (Lipinski definition) is 3. The molecule has 0 bridgehead atoms. The Morgan fingerprint density at radius 2 is 2.20 bits per heavy atom. The number of hydrogen-bond donors (Lipinski definition) is 1. The summed E-state index contributed by atoms with van der Waals surface area (Å²) in [6, 6.07) is 5.39. The number of nitrogens with one attached hydrogen (secondary N) is 1. The van der Waals surface area contributed by atoms with E-state index in [1.807, 2.05) is 0 Å². The largest absolute Gasteiger partial charge is 0.383 e. The van der Waals surface area contributed by atoms with Crippen LogP contribution >= 0.6 is 0 Å². The van der Waals surface area contributed by atoms with Crippen molar-refractivity contribution in [3.63, 3.8) is 0 Å². The third kappa shape index (κ3) is 3.18. The van der Waals surface area contributed by atoms with Crippen LogP contribution in [0.25, 0.3) is 0 Å². The number of nitrogens with zero attached hydrogens (tertiary/aromatic N) is 2. The van der Waals surface area contributed by atoms with Gasteiger partial charge in [0.15, 0.2) is 0 Å². The number of halogens is 2. The first-order chi connectivity index (χ1) is 9.61. The van der Waals surface area contributed by atoms with E-state index in [-0.39, 0.29) is 5.69 Å². The van der Waals surface area contributed by atoms with E-state index in [0.29, 0.717) is 18.8 Å². The summed E-state index contributed by atoms with van der Waals surface area (Å²) in [6.07, 6.45) is 1.72. The Kier molecular flexibility index (Phi) is 4.41. The fraction of sp³-hybridized carbons (Fsp3) is 0.231. The van der Waals surface area contributed by atoms with Gasteiger partial charge in [-0.3, -0.25) is 4.79 Å². The third-order valence-corrected chi connectivity index (χ3v) is 2.66. The monoisotopic (exact) mass is 281 g/mol. The van der Waals surface area contributed by atoms with Crippen molar-refractivity contribution >= 4 is 11.6 Å². The van der Waals surface area contributed by atoms with Crippen LogP contribution in [-0.2, 0) is 11.3 Å². The van der Waals surface area contributed by atoms with Crippen molar-refractivity contribution in [2.75, 3.05) is 19.0 Å². The molecule has 2 aromatic rings. The number of amides is 1. The predicted octanol–water partition coefficient (Wildman–Crippen LogP) is 2.06. The van der Waals surface area contributed by atoms with E-state index in [1.165, 1.54) is 0 Å². The van der Waals surface area contributed by atoms with E-state index in [9.17, 15) is 13.6 Å². The lowest BCUT2D eigenvalue weighted by atomic mass is 10.3. The number of carbonyl (C=O) groups excluding carboxylic acids is 1. The molecule has 0 fully saturated rings. The molecule has 0 atom stereocenters. The maximum absolute atomic E-state index is 13.4. The minimum absolute atomic E-state index is 0.170. The number of pyridine rings is 1. The maximum Gasteiger partial charge on any atom is 0.272 e. The second kappa shape index (κ2) is 6.25. The van der Waals surface area contributed by atoms with Gasteiger partial charge in [-0.05, 0) is 24.3 Å². The Hall–Kier alpha value is -2.28. The van der Waals surface area contributed by atoms with Crippen LogP contribution in [0.1, 0.15) is 10.5 Å². The molecule has 1 amide bonds. The van der Waals surface area contributed by atoms with Crippen LogP contribution in [0.5, 0.6) is 0 Å². The van der Waals surface area contributed by atoms with Gasteiger partial charge in [0.25, 0.3) is 5.91 Å². The smallest absolute Gasteiger partial charge is 0.272 e. The van der Waals surface area contributed by atoms with Crippen molar-refractivity contribution in [2.45, 2.75) is 6.54 Å². The van der Waals surface area contributed by atoms with Gasteiger partial charge in [-0.1, -0.05) is 0 Å². The third-order valence-electron chi connectivity index (χ3n) is 2.66. The van der Waals surface area contributed by atoms with Crippen molar-refractivity contribution in [2.24, 2.45) is 0 Å². The number of rotatable bonds is 5. The average molecular weight is 281 g/mol. The van der Waals surface area contributed by atoms with Gasteiger partial charge in [0, 0.05) is 19.9 Å². The second-order valence-corrected chi connectivity index (χ2v) is 4.01. The lowest BCUT2D eigenvalue weighted by molar-refractivity contribution is 0.101. The van der Waals surface area contributed by atoms with Crippen molar-refractivity contribution in [3.8, 4) is 0 Å². The van der Waals surface area contributed by atoms with Gasteiger partial charge in [-0.2, -0.15) is 13.8 Å². The van der Waals surface area contributed by atoms with E-state index >= 15 is 0 Å². The van der Waals surface area contributed by atoms with Gasteiger partial charge in [-0.25, -0.2) is 0 Å². The highest BCUT2D eigenvalue weighted by atomic mass is 19.1. The molecule has 7 heteroatoms. The quantitative estimate of drug-likeness (QED) is 0.853. The molecule has 2 heterocycles. The summed E-state index contributed by atoms with van der Waals surface area (Å²) in [4.78, 5) is 15.0. The van der Waals surface area contributed by atoms with Crippen LogP contribution in [0, 0.1) is 11.9 Å². The molecule has 0 aliphatic carbocycles. The van der Waals surface area contributed by atoms with Crippen LogP contribution in [0.3, 0.4) is 0 Å². The van der Waals surface area contributed by atoms with Gasteiger partial charge in [0.1, 0.15) is 5.69 Å². The molecule has 2 rings (SSSR count). The molecule has 0 saturated carbocycles. The van der Waals surface area contributed by atoms with Crippen molar-refractivity contribution < 1.29 is 18.3 Å². The van der Waals surface area contributed by atoms with Crippen molar-refractivity contribution in [1.82, 2.24) is 9.55 Å². The van der Waals surface area contributed by atoms with Gasteiger partial charge in [0.2, 0.25) is 11.9 Å². The van der Waals surface area contributed by atoms with Crippen LogP contribution in [0.4, 0.5) is 14.5 Å². The summed E-state index contributed by atoms with van der Waals surface area (Å²) in [6.45, 7) is 0.942. The Balaban J connectivity index is 2.14. The molecular weight excluding hydrogens is 268 g/mol. The summed E-state index contributed by atoms with van der Waals surface area (Å²) < 4.78 is 32.7. The van der Waals surface area contributed by atoms with Crippen LogP contribution in [0.15, 0.2) is 30.5 Å². The number of ether oxygens (including phenoxy) is 1. The van der Waals surface area contributed by atoms with Gasteiger partial charge < -0.3 is 14.6 Å². The molecule has 106 valence electrons. The Morgan fingerprint density at radius 1 is 1.40 bits per heavy atom. The molecule has 0 aliphatic heterocycles. The topological polar surface area (TPSA) is 56.1 Å². The number of carbonyl (C=O) groups is 1. The second-order valence-electron chi connectivity index (χ2n) is 4.01. The van der Waals surface area contributed by atoms with Crippen LogP contribution < -0.4 is 5.32 Å². The molecule has 0 saturated heterocycles. The lowest BCUT2D eigenvalue weighted by Crippen LogP contribution is -2.19. The number of methoxy groups -OCH3 is 1. The van der Waals surface area contributed by atoms with Gasteiger partial charge in [-0.15, -0.1) is 0 Å². The highest BCUT2D eigenvalue weighted by Gasteiger charge is 2.14. The highest BCUT2D eigenvalue weighted by Crippen LogP contribution is 2.13. The fourth-order valence-corrected chi connectivity index (χ4v) is 1.70. The zero-order chi connectivity index (χ0) is 14.5. The van der Waals surface area contributed by atoms with E-state index < -0.39 is 17.8 Å². The molecule has 0 spiro atoms. The number of anilines is 1. The summed E-state index contributed by atoms with van der Waals surface area (Å²) in [5.74, 6) is -2.50. The normalized spacial score (nSPS) is 10.6. The first kappa shape index (κ1) is 14.1. The Labute approximate surface area is 114 Å². The zero-order valence-corrected chi connectivity index (χ0v) is 10.8. The molecule has 2 aromatic heterocycles. The van der Waals surface area contributed by atoms with Crippen molar-refractivity contribution in [1.29, 1.82) is 0 Å². The fourth-order valence-electron chi connectivity index (χ4n) is 1.70. The van der Waals surface area contributed by atoms with E-state index in [2.05, 4.69) is 10.3 Å². The van der Waals surface area contributed by atoms with Crippen LogP contribution in [0.2, 0.25) is 0 Å². The standard InChI is InChI=1S/C13H13F2N3O2/c1-20-8-7-18-6-2-3-10(18)13(19)16-9-4-5-11(14)17-12(9)15/h2-6H,7-8H2,1H3,(H,16,19). The first-order valence-corrected chi connectivity index (χ1v) is 5.89. The van der Waals surface area contributed by atoms with E-state index in [1.54, 1.807) is 30.0 Å². The zero-order valence-electron chi connectivity index (χ0n) is 10.8. The molecule has 0 aliphatic rings. The summed E-state index contributed by atoms with van der Waals surface area (Å²) in [7, 11) is 1.56. The minimum atomic E-state index is -1.06. The van der Waals surface area contributed by atoms with Crippen molar-refractivity contribution in [3.05, 3.63) is 48.1 Å². The molecular formula is C13H13F2N3O2. The Bertz CT molecular complexity index is 613. The number of aromatic nitrogens is 2. The summed E-state index contributed by atoms with van der Waals surface area (Å²) in [5.41, 5.74) is 0.182. The van der Waals surface area contributed by atoms with E-state index in [4.69, 9.17) is 4.74 Å². The summed E-state index contributed by atoms with van der Waals surface area (Å²) >= 11 is 0. The molecule has 5 nitrogen and oxygen atoms in total. The lowest BCUT2D eigenvalue weighted by Gasteiger charge is -2.09. The molecule has 0 aromatic carbocycles. The molecule has 1 N–H and O–H groups in total. The maximum atomic E-state index is 13.4. The SMILES string of the molecule is COCCn1cccc1C(=O)Nc1ccc(F)nc1F.